The molecule has 1 aromatic rings. The number of amides is 1. The molecule has 0 saturated heterocycles. The van der Waals surface area contributed by atoms with E-state index in [-0.39, 0.29) is 0 Å². The van der Waals surface area contributed by atoms with E-state index in [0.29, 0.717) is 22.9 Å². The first-order valence-corrected chi connectivity index (χ1v) is 5.16. The van der Waals surface area contributed by atoms with Crippen molar-refractivity contribution in [2.45, 2.75) is 0 Å². The highest BCUT2D eigenvalue weighted by Crippen LogP contribution is 2.41. The highest BCUT2D eigenvalue weighted by molar-refractivity contribution is 6.66. The van der Waals surface area contributed by atoms with Gasteiger partial charge in [-0.25, -0.2) is 0 Å². The van der Waals surface area contributed by atoms with Crippen LogP contribution in [0.4, 0.5) is 10.5 Å². The van der Waals surface area contributed by atoms with Crippen LogP contribution in [-0.4, -0.2) is 33.7 Å². The van der Waals surface area contributed by atoms with Crippen molar-refractivity contribution in [1.29, 1.82) is 0 Å². The van der Waals surface area contributed by atoms with Crippen LogP contribution in [0.3, 0.4) is 0 Å². The molecule has 1 rings (SSSR count). The van der Waals surface area contributed by atoms with Crippen LogP contribution in [0.15, 0.2) is 12.1 Å². The molecule has 1 amide bonds. The summed E-state index contributed by atoms with van der Waals surface area (Å²) in [7, 11) is 6.04. The normalized spacial score (nSPS) is 9.71. The Morgan fingerprint density at radius 3 is 1.88 bits per heavy atom. The number of carbonyl (C=O) groups excluding carboxylic acids is 1. The van der Waals surface area contributed by atoms with Crippen molar-refractivity contribution < 1.29 is 19.0 Å². The van der Waals surface area contributed by atoms with Gasteiger partial charge in [0.2, 0.25) is 0 Å². The summed E-state index contributed by atoms with van der Waals surface area (Å²) in [6.45, 7) is 0. The van der Waals surface area contributed by atoms with Crippen LogP contribution in [0.2, 0.25) is 0 Å². The van der Waals surface area contributed by atoms with Crippen molar-refractivity contribution in [3.05, 3.63) is 12.1 Å². The van der Waals surface area contributed by atoms with Crippen molar-refractivity contribution in [1.82, 2.24) is 0 Å². The summed E-state index contributed by atoms with van der Waals surface area (Å²) in [6.07, 6.45) is 0. The molecule has 0 atom stereocenters. The lowest BCUT2D eigenvalue weighted by atomic mass is 10.2. The van der Waals surface area contributed by atoms with E-state index in [2.05, 4.69) is 0 Å². The molecule has 94 valence electrons. The number of rotatable bonds is 4. The zero-order valence-corrected chi connectivity index (χ0v) is 10.9. The Labute approximate surface area is 105 Å². The molecule has 0 spiro atoms. The molecule has 6 heteroatoms. The quantitative estimate of drug-likeness (QED) is 0.616. The number of anilines is 1. The van der Waals surface area contributed by atoms with Crippen molar-refractivity contribution in [2.75, 3.05) is 33.3 Å². The average molecular weight is 260 g/mol. The number of nitrogens with zero attached hydrogens (tertiary/aromatic N) is 1. The van der Waals surface area contributed by atoms with Gasteiger partial charge in [0.1, 0.15) is 22.9 Å². The lowest BCUT2D eigenvalue weighted by Gasteiger charge is -2.20. The van der Waals surface area contributed by atoms with Gasteiger partial charge in [0.15, 0.2) is 0 Å². The monoisotopic (exact) mass is 259 g/mol. The van der Waals surface area contributed by atoms with Gasteiger partial charge in [0.25, 0.3) is 0 Å². The van der Waals surface area contributed by atoms with E-state index in [1.165, 1.54) is 33.3 Å². The Kier molecular flexibility index (Phi) is 4.45. The summed E-state index contributed by atoms with van der Waals surface area (Å²) in [5, 5.41) is -0.633. The maximum atomic E-state index is 11.2. The second kappa shape index (κ2) is 5.63. The van der Waals surface area contributed by atoms with Crippen molar-refractivity contribution in [3.63, 3.8) is 0 Å². The van der Waals surface area contributed by atoms with Crippen LogP contribution in [-0.2, 0) is 0 Å². The summed E-state index contributed by atoms with van der Waals surface area (Å²) in [5.74, 6) is 1.45. The molecule has 0 aliphatic rings. The zero-order valence-electron chi connectivity index (χ0n) is 10.1. The van der Waals surface area contributed by atoms with Crippen molar-refractivity contribution >= 4 is 22.7 Å². The summed E-state index contributed by atoms with van der Waals surface area (Å²) < 4.78 is 15.5. The fourth-order valence-electron chi connectivity index (χ4n) is 1.41. The Morgan fingerprint density at radius 1 is 1.12 bits per heavy atom. The number of halogens is 1. The molecule has 0 bridgehead atoms. The summed E-state index contributed by atoms with van der Waals surface area (Å²) in [5.41, 5.74) is 0.454. The molecule has 5 nitrogen and oxygen atoms in total. The van der Waals surface area contributed by atoms with Crippen LogP contribution >= 0.6 is 11.6 Å². The molecule has 0 aliphatic heterocycles. The molecular formula is C11H14ClNO4. The van der Waals surface area contributed by atoms with E-state index in [0.717, 1.165) is 0 Å². The van der Waals surface area contributed by atoms with Gasteiger partial charge in [-0.05, 0) is 11.6 Å². The predicted octanol–water partition coefficient (Wildman–Crippen LogP) is 2.51. The van der Waals surface area contributed by atoms with E-state index in [1.807, 2.05) is 0 Å². The molecule has 0 N–H and O–H groups in total. The van der Waals surface area contributed by atoms with Crippen LogP contribution in [0.25, 0.3) is 0 Å². The smallest absolute Gasteiger partial charge is 0.320 e. The van der Waals surface area contributed by atoms with E-state index in [1.54, 1.807) is 12.1 Å². The molecule has 0 fully saturated rings. The molecular weight excluding hydrogens is 246 g/mol. The molecule has 0 radical (unpaired) electrons. The Bertz CT molecular complexity index is 397. The average Bonchev–Trinajstić information content (AvgIpc) is 2.35. The van der Waals surface area contributed by atoms with E-state index < -0.39 is 5.37 Å². The Balaban J connectivity index is 3.39. The highest BCUT2D eigenvalue weighted by Gasteiger charge is 2.20. The van der Waals surface area contributed by atoms with Gasteiger partial charge >= 0.3 is 5.37 Å². The second-order valence-electron chi connectivity index (χ2n) is 3.19. The van der Waals surface area contributed by atoms with Gasteiger partial charge in [0.05, 0.1) is 21.3 Å². The molecule has 1 aromatic carbocycles. The summed E-state index contributed by atoms with van der Waals surface area (Å²) >= 11 is 5.44. The van der Waals surface area contributed by atoms with Gasteiger partial charge in [-0.3, -0.25) is 9.69 Å². The third kappa shape index (κ3) is 2.74. The molecule has 0 aromatic heterocycles. The number of hydrogen-bond acceptors (Lipinski definition) is 4. The first-order valence-electron chi connectivity index (χ1n) is 4.78. The van der Waals surface area contributed by atoms with Gasteiger partial charge in [-0.1, -0.05) is 0 Å². The lowest BCUT2D eigenvalue weighted by molar-refractivity contribution is 0.264. The first kappa shape index (κ1) is 13.4. The van der Waals surface area contributed by atoms with Crippen LogP contribution in [0.5, 0.6) is 17.2 Å². The minimum Gasteiger partial charge on any atom is -0.496 e. The minimum absolute atomic E-state index is 0.442. The van der Waals surface area contributed by atoms with Gasteiger partial charge in [-0.2, -0.15) is 0 Å². The SMILES string of the molecule is COc1cc(OC)c(N(C)C(=O)Cl)c(OC)c1. The van der Waals surface area contributed by atoms with Crippen LogP contribution < -0.4 is 19.1 Å². The maximum absolute atomic E-state index is 11.2. The van der Waals surface area contributed by atoms with E-state index in [4.69, 9.17) is 25.8 Å². The van der Waals surface area contributed by atoms with Crippen molar-refractivity contribution in [2.24, 2.45) is 0 Å². The molecule has 0 saturated carbocycles. The highest BCUT2D eigenvalue weighted by atomic mass is 35.5. The van der Waals surface area contributed by atoms with Crippen LogP contribution in [0, 0.1) is 0 Å². The fraction of sp³-hybridized carbons (Fsp3) is 0.364. The largest absolute Gasteiger partial charge is 0.496 e. The fourth-order valence-corrected chi connectivity index (χ4v) is 1.49. The number of methoxy groups -OCH3 is 3. The number of carbonyl (C=O) groups is 1. The Morgan fingerprint density at radius 2 is 1.59 bits per heavy atom. The number of benzene rings is 1. The number of hydrogen-bond donors (Lipinski definition) is 0. The first-order chi connectivity index (χ1) is 8.04. The lowest BCUT2D eigenvalue weighted by Crippen LogP contribution is -2.21. The molecule has 17 heavy (non-hydrogen) atoms. The third-order valence-electron chi connectivity index (χ3n) is 2.29. The molecule has 0 aliphatic carbocycles. The summed E-state index contributed by atoms with van der Waals surface area (Å²) in [6, 6.07) is 3.29. The van der Waals surface area contributed by atoms with Gasteiger partial charge in [0, 0.05) is 19.2 Å². The van der Waals surface area contributed by atoms with Gasteiger partial charge in [-0.15, -0.1) is 0 Å². The van der Waals surface area contributed by atoms with E-state index >= 15 is 0 Å². The van der Waals surface area contributed by atoms with E-state index in [9.17, 15) is 4.79 Å². The van der Waals surface area contributed by atoms with Crippen LogP contribution in [0.1, 0.15) is 0 Å². The zero-order chi connectivity index (χ0) is 13.0. The topological polar surface area (TPSA) is 48.0 Å². The predicted molar refractivity (Wildman–Crippen MR) is 65.8 cm³/mol. The third-order valence-corrected chi connectivity index (χ3v) is 2.54. The number of ether oxygens (including phenoxy) is 3. The van der Waals surface area contributed by atoms with Crippen molar-refractivity contribution in [3.8, 4) is 17.2 Å². The maximum Gasteiger partial charge on any atom is 0.320 e. The molecule has 0 heterocycles. The Hall–Kier alpha value is -1.62. The second-order valence-corrected chi connectivity index (χ2v) is 3.52. The summed E-state index contributed by atoms with van der Waals surface area (Å²) in [4.78, 5) is 12.4. The standard InChI is InChI=1S/C11H14ClNO4/c1-13(11(12)14)10-8(16-3)5-7(15-2)6-9(10)17-4/h5-6H,1-4H3. The molecule has 0 unspecified atom stereocenters. The van der Waals surface area contributed by atoms with Gasteiger partial charge < -0.3 is 14.2 Å². The minimum atomic E-state index is -0.633.